The molecular weight excluding hydrogens is 457 g/mol. The van der Waals surface area contributed by atoms with Gasteiger partial charge in [-0.25, -0.2) is 0 Å². The Kier molecular flexibility index (Phi) is 9.63. The first-order chi connectivity index (χ1) is 12.3. The molecule has 0 radical (unpaired) electrons. The van der Waals surface area contributed by atoms with Crippen LogP contribution >= 0.6 is 35.7 Å². The summed E-state index contributed by atoms with van der Waals surface area (Å²) >= 11 is 2.10. The Morgan fingerprint density at radius 3 is 2.42 bits per heavy atom. The van der Waals surface area contributed by atoms with Gasteiger partial charge in [-0.1, -0.05) is 19.3 Å². The number of nitrogens with zero attached hydrogens (tertiary/aromatic N) is 3. The topological polar surface area (TPSA) is 44.6 Å². The second-order valence-corrected chi connectivity index (χ2v) is 8.38. The number of aliphatic imine (C=N–C) groups is 1. The fraction of sp³-hybridized carbons (Fsp3) is 0.737. The summed E-state index contributed by atoms with van der Waals surface area (Å²) < 4.78 is 2.19. The van der Waals surface area contributed by atoms with Gasteiger partial charge in [0.1, 0.15) is 0 Å². The number of halogens is 1. The summed E-state index contributed by atoms with van der Waals surface area (Å²) in [5.74, 6) is 3.50. The molecule has 7 heteroatoms. The molecule has 2 N–H and O–H groups in total. The summed E-state index contributed by atoms with van der Waals surface area (Å²) in [7, 11) is 1.87. The minimum Gasteiger partial charge on any atom is -0.355 e. The molecule has 2 aliphatic rings. The van der Waals surface area contributed by atoms with E-state index in [-0.39, 0.29) is 24.0 Å². The predicted molar refractivity (Wildman–Crippen MR) is 124 cm³/mol. The van der Waals surface area contributed by atoms with Gasteiger partial charge in [-0.15, -0.1) is 24.0 Å². The number of thioether (sulfide) groups is 1. The van der Waals surface area contributed by atoms with Crippen molar-refractivity contribution >= 4 is 41.7 Å². The highest BCUT2D eigenvalue weighted by Crippen LogP contribution is 2.34. The smallest absolute Gasteiger partial charge is 0.191 e. The standard InChI is InChI=1S/C19H33N5S.HI/c1-20-18(21-9-12-23-10-5-6-11-23)22-17-19(7-3-2-4-8-19)24-13-15-25-16-14-24;/h5-6,10-11H,2-4,7-9,12-17H2,1H3,(H2,20,21,22);1H. The van der Waals surface area contributed by atoms with Gasteiger partial charge in [0.25, 0.3) is 0 Å². The predicted octanol–water partition coefficient (Wildman–Crippen LogP) is 3.02. The lowest BCUT2D eigenvalue weighted by molar-refractivity contribution is 0.0626. The molecule has 5 nitrogen and oxygen atoms in total. The number of hydrogen-bond donors (Lipinski definition) is 2. The van der Waals surface area contributed by atoms with E-state index in [1.165, 1.54) is 56.7 Å². The van der Waals surface area contributed by atoms with Crippen LogP contribution in [0.4, 0.5) is 0 Å². The van der Waals surface area contributed by atoms with Crippen LogP contribution in [0.15, 0.2) is 29.5 Å². The maximum atomic E-state index is 4.43. The molecule has 26 heavy (non-hydrogen) atoms. The molecule has 0 aromatic carbocycles. The average molecular weight is 491 g/mol. The summed E-state index contributed by atoms with van der Waals surface area (Å²) in [5, 5.41) is 7.10. The molecule has 0 bridgehead atoms. The van der Waals surface area contributed by atoms with Crippen LogP contribution in [0.2, 0.25) is 0 Å². The van der Waals surface area contributed by atoms with E-state index < -0.39 is 0 Å². The van der Waals surface area contributed by atoms with Gasteiger partial charge in [0.2, 0.25) is 0 Å². The van der Waals surface area contributed by atoms with Crippen molar-refractivity contribution in [2.75, 3.05) is 44.7 Å². The lowest BCUT2D eigenvalue weighted by atomic mass is 9.80. The van der Waals surface area contributed by atoms with E-state index in [1.54, 1.807) is 0 Å². The SMILES string of the molecule is CN=C(NCCn1cccc1)NCC1(N2CCSCC2)CCCCC1.I. The third-order valence-corrected chi connectivity index (χ3v) is 6.55. The largest absolute Gasteiger partial charge is 0.355 e. The number of guanidine groups is 1. The van der Waals surface area contributed by atoms with Crippen LogP contribution in [0.1, 0.15) is 32.1 Å². The molecule has 2 fully saturated rings. The lowest BCUT2D eigenvalue weighted by Gasteiger charge is -2.48. The number of hydrogen-bond acceptors (Lipinski definition) is 3. The van der Waals surface area contributed by atoms with Crippen LogP contribution in [0, 0.1) is 0 Å². The monoisotopic (exact) mass is 491 g/mol. The molecule has 1 aromatic heterocycles. The normalized spacial score (nSPS) is 21.0. The summed E-state index contributed by atoms with van der Waals surface area (Å²) in [6.45, 7) is 5.35. The Bertz CT molecular complexity index is 522. The Morgan fingerprint density at radius 1 is 1.08 bits per heavy atom. The second kappa shape index (κ2) is 11.4. The number of aromatic nitrogens is 1. The van der Waals surface area contributed by atoms with Gasteiger partial charge in [-0.3, -0.25) is 9.89 Å². The van der Waals surface area contributed by atoms with Gasteiger partial charge in [0, 0.05) is 69.2 Å². The molecule has 1 aliphatic carbocycles. The van der Waals surface area contributed by atoms with Crippen LogP contribution in [-0.2, 0) is 6.54 Å². The van der Waals surface area contributed by atoms with E-state index in [0.29, 0.717) is 5.54 Å². The molecule has 2 heterocycles. The number of nitrogens with one attached hydrogen (secondary N) is 2. The Hall–Kier alpha value is -0.410. The van der Waals surface area contributed by atoms with E-state index >= 15 is 0 Å². The highest BCUT2D eigenvalue weighted by atomic mass is 127. The Balaban J connectivity index is 0.00000243. The average Bonchev–Trinajstić information content (AvgIpc) is 3.19. The quantitative estimate of drug-likeness (QED) is 0.365. The molecule has 0 spiro atoms. The molecule has 148 valence electrons. The highest BCUT2D eigenvalue weighted by molar-refractivity contribution is 14.0. The van der Waals surface area contributed by atoms with E-state index in [0.717, 1.165) is 25.6 Å². The molecule has 1 aliphatic heterocycles. The van der Waals surface area contributed by atoms with Crippen molar-refractivity contribution in [3.05, 3.63) is 24.5 Å². The Morgan fingerprint density at radius 2 is 1.77 bits per heavy atom. The summed E-state index contributed by atoms with van der Waals surface area (Å²) in [6.07, 6.45) is 11.0. The zero-order valence-electron chi connectivity index (χ0n) is 16.0. The summed E-state index contributed by atoms with van der Waals surface area (Å²) in [6, 6.07) is 4.13. The van der Waals surface area contributed by atoms with Crippen LogP contribution in [0.5, 0.6) is 0 Å². The van der Waals surface area contributed by atoms with E-state index in [9.17, 15) is 0 Å². The molecule has 1 saturated carbocycles. The van der Waals surface area contributed by atoms with Gasteiger partial charge >= 0.3 is 0 Å². The molecule has 3 rings (SSSR count). The van der Waals surface area contributed by atoms with Gasteiger partial charge in [-0.05, 0) is 25.0 Å². The molecular formula is C19H34IN5S. The van der Waals surface area contributed by atoms with Crippen molar-refractivity contribution in [1.29, 1.82) is 0 Å². The van der Waals surface area contributed by atoms with Crippen LogP contribution in [0.25, 0.3) is 0 Å². The highest BCUT2D eigenvalue weighted by Gasteiger charge is 2.38. The zero-order valence-corrected chi connectivity index (χ0v) is 19.1. The summed E-state index contributed by atoms with van der Waals surface area (Å²) in [4.78, 5) is 7.20. The van der Waals surface area contributed by atoms with Crippen molar-refractivity contribution in [2.24, 2.45) is 4.99 Å². The van der Waals surface area contributed by atoms with Gasteiger partial charge < -0.3 is 15.2 Å². The fourth-order valence-electron chi connectivity index (χ4n) is 4.14. The molecule has 0 unspecified atom stereocenters. The fourth-order valence-corrected chi connectivity index (χ4v) is 5.05. The van der Waals surface area contributed by atoms with Crippen LogP contribution < -0.4 is 10.6 Å². The number of rotatable bonds is 6. The van der Waals surface area contributed by atoms with Crippen molar-refractivity contribution < 1.29 is 0 Å². The molecule has 1 aromatic rings. The molecule has 0 atom stereocenters. The second-order valence-electron chi connectivity index (χ2n) is 7.16. The van der Waals surface area contributed by atoms with Crippen molar-refractivity contribution in [2.45, 2.75) is 44.2 Å². The first-order valence-corrected chi connectivity index (χ1v) is 10.9. The maximum Gasteiger partial charge on any atom is 0.191 e. The Labute approximate surface area is 179 Å². The van der Waals surface area contributed by atoms with Crippen LogP contribution in [-0.4, -0.2) is 65.7 Å². The third kappa shape index (κ3) is 6.05. The van der Waals surface area contributed by atoms with E-state index in [4.69, 9.17) is 0 Å². The van der Waals surface area contributed by atoms with Gasteiger partial charge in [0.05, 0.1) is 0 Å². The van der Waals surface area contributed by atoms with Crippen LogP contribution in [0.3, 0.4) is 0 Å². The zero-order chi connectivity index (χ0) is 17.4. The first kappa shape index (κ1) is 21.9. The maximum absolute atomic E-state index is 4.43. The van der Waals surface area contributed by atoms with Gasteiger partial charge in [-0.2, -0.15) is 11.8 Å². The summed E-state index contributed by atoms with van der Waals surface area (Å²) in [5.41, 5.74) is 0.331. The first-order valence-electron chi connectivity index (χ1n) is 9.70. The van der Waals surface area contributed by atoms with E-state index in [1.807, 2.05) is 7.05 Å². The minimum absolute atomic E-state index is 0. The molecule has 0 amide bonds. The molecule has 1 saturated heterocycles. The van der Waals surface area contributed by atoms with E-state index in [2.05, 4.69) is 61.4 Å². The minimum atomic E-state index is 0. The van der Waals surface area contributed by atoms with Crippen molar-refractivity contribution in [3.8, 4) is 0 Å². The van der Waals surface area contributed by atoms with Crippen molar-refractivity contribution in [1.82, 2.24) is 20.1 Å². The van der Waals surface area contributed by atoms with Crippen molar-refractivity contribution in [3.63, 3.8) is 0 Å². The van der Waals surface area contributed by atoms with Gasteiger partial charge in [0.15, 0.2) is 5.96 Å². The third-order valence-electron chi connectivity index (χ3n) is 5.60. The lowest BCUT2D eigenvalue weighted by Crippen LogP contribution is -2.59.